The molecule has 1 heterocycles. The minimum absolute atomic E-state index is 0.0361. The SMILES string of the molecule is NS(=O)(=O)c1ccccc1-c1ccc2c(c1)OC(c1ccc(F)cc1)O2. The zero-order chi connectivity index (χ0) is 18.3. The first-order valence-corrected chi connectivity index (χ1v) is 9.31. The fraction of sp³-hybridized carbons (Fsp3) is 0.0526. The molecule has 0 bridgehead atoms. The van der Waals surface area contributed by atoms with Crippen LogP contribution in [0.15, 0.2) is 71.6 Å². The normalized spacial score (nSPS) is 15.8. The van der Waals surface area contributed by atoms with E-state index < -0.39 is 16.3 Å². The number of halogens is 1. The third-order valence-electron chi connectivity index (χ3n) is 4.06. The number of sulfonamides is 1. The van der Waals surface area contributed by atoms with Gasteiger partial charge in [0.2, 0.25) is 10.0 Å². The number of primary sulfonamides is 1. The zero-order valence-electron chi connectivity index (χ0n) is 13.4. The fourth-order valence-electron chi connectivity index (χ4n) is 2.83. The van der Waals surface area contributed by atoms with E-state index in [4.69, 9.17) is 14.6 Å². The Morgan fingerprint density at radius 1 is 0.885 bits per heavy atom. The second-order valence-electron chi connectivity index (χ2n) is 5.82. The van der Waals surface area contributed by atoms with Gasteiger partial charge in [-0.1, -0.05) is 24.3 Å². The van der Waals surface area contributed by atoms with Crippen molar-refractivity contribution in [3.8, 4) is 22.6 Å². The van der Waals surface area contributed by atoms with Gasteiger partial charge < -0.3 is 9.47 Å². The van der Waals surface area contributed by atoms with Gasteiger partial charge in [-0.3, -0.25) is 0 Å². The van der Waals surface area contributed by atoms with Gasteiger partial charge in [-0.15, -0.1) is 0 Å². The molecule has 3 aromatic carbocycles. The van der Waals surface area contributed by atoms with Crippen LogP contribution >= 0.6 is 0 Å². The summed E-state index contributed by atoms with van der Waals surface area (Å²) in [4.78, 5) is 0.0361. The molecular formula is C19H14FNO4S. The highest BCUT2D eigenvalue weighted by atomic mass is 32.2. The number of ether oxygens (including phenoxy) is 2. The summed E-state index contributed by atoms with van der Waals surface area (Å²) in [5.41, 5.74) is 1.79. The Bertz CT molecular complexity index is 1080. The van der Waals surface area contributed by atoms with E-state index in [-0.39, 0.29) is 10.7 Å². The average Bonchev–Trinajstić information content (AvgIpc) is 3.04. The van der Waals surface area contributed by atoms with Gasteiger partial charge in [-0.05, 0) is 48.0 Å². The predicted octanol–water partition coefficient (Wildman–Crippen LogP) is 3.61. The van der Waals surface area contributed by atoms with Crippen LogP contribution in [0.3, 0.4) is 0 Å². The highest BCUT2D eigenvalue weighted by Gasteiger charge is 2.27. The summed E-state index contributed by atoms with van der Waals surface area (Å²) in [5.74, 6) is 0.656. The molecule has 0 aliphatic carbocycles. The Morgan fingerprint density at radius 2 is 1.58 bits per heavy atom. The first-order chi connectivity index (χ1) is 12.4. The van der Waals surface area contributed by atoms with E-state index in [9.17, 15) is 12.8 Å². The van der Waals surface area contributed by atoms with Crippen molar-refractivity contribution in [2.24, 2.45) is 5.14 Å². The van der Waals surface area contributed by atoms with Crippen LogP contribution in [-0.4, -0.2) is 8.42 Å². The quantitative estimate of drug-likeness (QED) is 0.763. The van der Waals surface area contributed by atoms with Gasteiger partial charge in [-0.25, -0.2) is 17.9 Å². The maximum atomic E-state index is 13.1. The van der Waals surface area contributed by atoms with E-state index in [0.717, 1.165) is 0 Å². The molecule has 5 nitrogen and oxygen atoms in total. The summed E-state index contributed by atoms with van der Waals surface area (Å²) in [6.07, 6.45) is -0.686. The molecule has 0 saturated heterocycles. The van der Waals surface area contributed by atoms with Crippen LogP contribution in [0.5, 0.6) is 11.5 Å². The van der Waals surface area contributed by atoms with Crippen molar-refractivity contribution in [3.05, 3.63) is 78.1 Å². The number of rotatable bonds is 3. The number of hydrogen-bond donors (Lipinski definition) is 1. The molecule has 0 amide bonds. The van der Waals surface area contributed by atoms with Gasteiger partial charge >= 0.3 is 0 Å². The van der Waals surface area contributed by atoms with E-state index in [1.54, 1.807) is 48.5 Å². The monoisotopic (exact) mass is 371 g/mol. The number of benzene rings is 3. The molecule has 0 fully saturated rings. The smallest absolute Gasteiger partial charge is 0.267 e. The number of nitrogens with two attached hydrogens (primary N) is 1. The molecule has 2 N–H and O–H groups in total. The molecule has 1 atom stereocenters. The molecular weight excluding hydrogens is 357 g/mol. The van der Waals surface area contributed by atoms with Crippen molar-refractivity contribution < 1.29 is 22.3 Å². The second-order valence-corrected chi connectivity index (χ2v) is 7.35. The molecule has 1 aliphatic rings. The molecule has 1 aliphatic heterocycles. The van der Waals surface area contributed by atoms with Gasteiger partial charge in [0.05, 0.1) is 4.90 Å². The number of fused-ring (bicyclic) bond motifs is 1. The number of hydrogen-bond acceptors (Lipinski definition) is 4. The molecule has 0 saturated carbocycles. The summed E-state index contributed by atoms with van der Waals surface area (Å²) in [5, 5.41) is 5.30. The minimum atomic E-state index is -3.86. The van der Waals surface area contributed by atoms with Crippen LogP contribution < -0.4 is 14.6 Å². The molecule has 132 valence electrons. The lowest BCUT2D eigenvalue weighted by atomic mass is 10.1. The minimum Gasteiger partial charge on any atom is -0.447 e. The molecule has 4 rings (SSSR count). The van der Waals surface area contributed by atoms with Gasteiger partial charge in [0.15, 0.2) is 11.5 Å². The van der Waals surface area contributed by atoms with Crippen molar-refractivity contribution >= 4 is 10.0 Å². The summed E-state index contributed by atoms with van der Waals surface area (Å²) in [6, 6.07) is 17.4. The fourth-order valence-corrected chi connectivity index (χ4v) is 3.59. The first kappa shape index (κ1) is 16.6. The Balaban J connectivity index is 1.69. The van der Waals surface area contributed by atoms with Gasteiger partial charge in [-0.2, -0.15) is 0 Å². The molecule has 7 heteroatoms. The van der Waals surface area contributed by atoms with Crippen molar-refractivity contribution in [2.45, 2.75) is 11.2 Å². The summed E-state index contributed by atoms with van der Waals surface area (Å²) < 4.78 is 48.2. The van der Waals surface area contributed by atoms with E-state index in [1.165, 1.54) is 18.2 Å². The largest absolute Gasteiger partial charge is 0.447 e. The Hall–Kier alpha value is -2.90. The van der Waals surface area contributed by atoms with Crippen molar-refractivity contribution in [1.29, 1.82) is 0 Å². The third kappa shape index (κ3) is 3.02. The predicted molar refractivity (Wildman–Crippen MR) is 93.6 cm³/mol. The second kappa shape index (κ2) is 6.12. The van der Waals surface area contributed by atoms with Crippen LogP contribution in [0.4, 0.5) is 4.39 Å². The van der Waals surface area contributed by atoms with Crippen LogP contribution in [0.1, 0.15) is 11.9 Å². The molecule has 0 aromatic heterocycles. The van der Waals surface area contributed by atoms with Crippen molar-refractivity contribution in [3.63, 3.8) is 0 Å². The Labute approximate surface area is 149 Å². The highest BCUT2D eigenvalue weighted by molar-refractivity contribution is 7.89. The molecule has 0 spiro atoms. The van der Waals surface area contributed by atoms with E-state index in [2.05, 4.69) is 0 Å². The van der Waals surface area contributed by atoms with Crippen LogP contribution in [0.2, 0.25) is 0 Å². The van der Waals surface area contributed by atoms with E-state index in [1.807, 2.05) is 0 Å². The van der Waals surface area contributed by atoms with Gasteiger partial charge in [0.1, 0.15) is 5.82 Å². The van der Waals surface area contributed by atoms with E-state index in [0.29, 0.717) is 28.2 Å². The van der Waals surface area contributed by atoms with Crippen molar-refractivity contribution in [2.75, 3.05) is 0 Å². The van der Waals surface area contributed by atoms with Crippen LogP contribution in [-0.2, 0) is 10.0 Å². The average molecular weight is 371 g/mol. The summed E-state index contributed by atoms with van der Waals surface area (Å²) in [7, 11) is -3.86. The van der Waals surface area contributed by atoms with Crippen molar-refractivity contribution in [1.82, 2.24) is 0 Å². The molecule has 3 aromatic rings. The standard InChI is InChI=1S/C19H14FNO4S/c20-14-8-5-12(6-9-14)19-24-16-10-7-13(11-17(16)25-19)15-3-1-2-4-18(15)26(21,22)23/h1-11,19H,(H2,21,22,23). The topological polar surface area (TPSA) is 78.6 Å². The van der Waals surface area contributed by atoms with E-state index >= 15 is 0 Å². The molecule has 26 heavy (non-hydrogen) atoms. The lowest BCUT2D eigenvalue weighted by molar-refractivity contribution is 0.0487. The zero-order valence-corrected chi connectivity index (χ0v) is 14.2. The van der Waals surface area contributed by atoms with Gasteiger partial charge in [0.25, 0.3) is 6.29 Å². The summed E-state index contributed by atoms with van der Waals surface area (Å²) in [6.45, 7) is 0. The highest BCUT2D eigenvalue weighted by Crippen LogP contribution is 2.43. The molecule has 0 radical (unpaired) electrons. The maximum Gasteiger partial charge on any atom is 0.267 e. The van der Waals surface area contributed by atoms with Gasteiger partial charge in [0, 0.05) is 11.1 Å². The summed E-state index contributed by atoms with van der Waals surface area (Å²) >= 11 is 0. The lowest BCUT2D eigenvalue weighted by Crippen LogP contribution is -2.13. The third-order valence-corrected chi connectivity index (χ3v) is 5.03. The Morgan fingerprint density at radius 3 is 2.31 bits per heavy atom. The first-order valence-electron chi connectivity index (χ1n) is 7.77. The van der Waals surface area contributed by atoms with Crippen LogP contribution in [0, 0.1) is 5.82 Å². The lowest BCUT2D eigenvalue weighted by Gasteiger charge is -2.10. The Kier molecular flexibility index (Phi) is 3.90. The van der Waals surface area contributed by atoms with Crippen LogP contribution in [0.25, 0.3) is 11.1 Å². The maximum absolute atomic E-state index is 13.1. The molecule has 1 unspecified atom stereocenters.